The Labute approximate surface area is 132 Å². The van der Waals surface area contributed by atoms with Crippen LogP contribution in [0, 0.1) is 0 Å². The third-order valence-corrected chi connectivity index (χ3v) is 4.81. The van der Waals surface area contributed by atoms with Crippen molar-refractivity contribution in [3.63, 3.8) is 0 Å². The van der Waals surface area contributed by atoms with Gasteiger partial charge in [0.05, 0.1) is 12.3 Å². The molecule has 126 valence electrons. The molecule has 1 aliphatic rings. The highest BCUT2D eigenvalue weighted by atomic mass is 32.2. The summed E-state index contributed by atoms with van der Waals surface area (Å²) in [7, 11) is -3.13. The summed E-state index contributed by atoms with van der Waals surface area (Å²) in [6, 6.07) is 0.100. The second-order valence-corrected chi connectivity index (χ2v) is 7.81. The van der Waals surface area contributed by atoms with Gasteiger partial charge in [0.2, 0.25) is 15.9 Å². The van der Waals surface area contributed by atoms with E-state index in [9.17, 15) is 8.42 Å². The zero-order chi connectivity index (χ0) is 16.2. The summed E-state index contributed by atoms with van der Waals surface area (Å²) in [5.41, 5.74) is 0. The predicted molar refractivity (Wildman–Crippen MR) is 83.9 cm³/mol. The molecule has 0 bridgehead atoms. The van der Waals surface area contributed by atoms with Gasteiger partial charge >= 0.3 is 0 Å². The maximum atomic E-state index is 11.3. The Balaban J connectivity index is 1.86. The van der Waals surface area contributed by atoms with Crippen molar-refractivity contribution in [2.45, 2.75) is 58.0 Å². The molecule has 1 aliphatic heterocycles. The fourth-order valence-electron chi connectivity index (χ4n) is 2.74. The first-order valence-electron chi connectivity index (χ1n) is 7.93. The molecule has 1 N–H and O–H groups in total. The Bertz CT molecular complexity index is 564. The molecular weight excluding hydrogens is 304 g/mol. The van der Waals surface area contributed by atoms with E-state index in [1.165, 1.54) is 6.26 Å². The molecule has 0 aromatic carbocycles. The Morgan fingerprint density at radius 1 is 1.41 bits per heavy atom. The highest BCUT2D eigenvalue weighted by Crippen LogP contribution is 2.23. The van der Waals surface area contributed by atoms with Crippen LogP contribution in [-0.2, 0) is 16.4 Å². The molecule has 0 saturated carbocycles. The van der Waals surface area contributed by atoms with E-state index in [0.29, 0.717) is 5.89 Å². The second-order valence-electron chi connectivity index (χ2n) is 6.03. The normalized spacial score (nSPS) is 19.4. The zero-order valence-corrected chi connectivity index (χ0v) is 14.4. The van der Waals surface area contributed by atoms with Gasteiger partial charge in [-0.1, -0.05) is 18.5 Å². The van der Waals surface area contributed by atoms with Crippen molar-refractivity contribution in [2.75, 3.05) is 19.3 Å². The Morgan fingerprint density at radius 2 is 2.09 bits per heavy atom. The monoisotopic (exact) mass is 330 g/mol. The molecule has 0 spiro atoms. The average molecular weight is 330 g/mol. The second kappa shape index (κ2) is 7.52. The van der Waals surface area contributed by atoms with Crippen molar-refractivity contribution in [3.05, 3.63) is 11.7 Å². The van der Waals surface area contributed by atoms with Gasteiger partial charge in [0, 0.05) is 25.6 Å². The molecular formula is C14H26N4O3S. The van der Waals surface area contributed by atoms with Gasteiger partial charge in [-0.2, -0.15) is 4.98 Å². The summed E-state index contributed by atoms with van der Waals surface area (Å²) in [6.07, 6.45) is 5.84. The molecule has 1 aromatic heterocycles. The van der Waals surface area contributed by atoms with Gasteiger partial charge in [0.15, 0.2) is 5.82 Å². The molecule has 0 radical (unpaired) electrons. The van der Waals surface area contributed by atoms with Crippen LogP contribution in [0.5, 0.6) is 0 Å². The van der Waals surface area contributed by atoms with E-state index in [2.05, 4.69) is 33.6 Å². The number of likely N-dealkylation sites (tertiary alicyclic amines) is 1. The first kappa shape index (κ1) is 17.4. The van der Waals surface area contributed by atoms with Gasteiger partial charge in [0.25, 0.3) is 0 Å². The summed E-state index contributed by atoms with van der Waals surface area (Å²) in [5.74, 6) is 1.43. The van der Waals surface area contributed by atoms with Crippen LogP contribution in [0.2, 0.25) is 0 Å². The number of unbranched alkanes of at least 4 members (excludes halogenated alkanes) is 1. The largest absolute Gasteiger partial charge is 0.338 e. The summed E-state index contributed by atoms with van der Waals surface area (Å²) >= 11 is 0. The number of rotatable bonds is 7. The van der Waals surface area contributed by atoms with E-state index in [1.54, 1.807) is 0 Å². The van der Waals surface area contributed by atoms with Gasteiger partial charge in [0.1, 0.15) is 0 Å². The lowest BCUT2D eigenvalue weighted by molar-refractivity contribution is 0.134. The minimum Gasteiger partial charge on any atom is -0.338 e. The van der Waals surface area contributed by atoms with Crippen LogP contribution in [0.4, 0.5) is 0 Å². The van der Waals surface area contributed by atoms with E-state index >= 15 is 0 Å². The lowest BCUT2D eigenvalue weighted by atomic mass is 10.0. The number of hydrogen-bond acceptors (Lipinski definition) is 6. The van der Waals surface area contributed by atoms with Crippen molar-refractivity contribution < 1.29 is 12.9 Å². The fourth-order valence-corrected chi connectivity index (χ4v) is 3.58. The molecule has 1 unspecified atom stereocenters. The van der Waals surface area contributed by atoms with Gasteiger partial charge in [-0.05, 0) is 26.2 Å². The summed E-state index contributed by atoms with van der Waals surface area (Å²) in [4.78, 5) is 6.73. The van der Waals surface area contributed by atoms with Crippen molar-refractivity contribution in [1.82, 2.24) is 19.8 Å². The summed E-state index contributed by atoms with van der Waals surface area (Å²) in [6.45, 7) is 5.84. The zero-order valence-electron chi connectivity index (χ0n) is 13.6. The van der Waals surface area contributed by atoms with Gasteiger partial charge in [-0.25, -0.2) is 13.1 Å². The molecule has 0 amide bonds. The van der Waals surface area contributed by atoms with Crippen LogP contribution in [0.1, 0.15) is 57.3 Å². The summed E-state index contributed by atoms with van der Waals surface area (Å²) < 4.78 is 30.6. The highest BCUT2D eigenvalue weighted by Gasteiger charge is 2.27. The van der Waals surface area contributed by atoms with E-state index in [0.717, 1.165) is 51.0 Å². The Hall–Kier alpha value is -0.990. The van der Waals surface area contributed by atoms with E-state index in [1.807, 2.05) is 0 Å². The van der Waals surface area contributed by atoms with E-state index < -0.39 is 10.0 Å². The van der Waals surface area contributed by atoms with Crippen LogP contribution in [0.25, 0.3) is 0 Å². The number of piperidine rings is 1. The first-order chi connectivity index (χ1) is 10.4. The van der Waals surface area contributed by atoms with Crippen LogP contribution >= 0.6 is 0 Å². The smallest absolute Gasteiger partial charge is 0.243 e. The first-order valence-corrected chi connectivity index (χ1v) is 9.82. The standard InChI is InChI=1S/C14H26N4O3S/c1-4-5-6-13-15-14(21-16-13)11(2)18-9-7-12(8-10-18)17-22(3,19)20/h11-12,17H,4-10H2,1-3H3. The third kappa shape index (κ3) is 5.03. The summed E-state index contributed by atoms with van der Waals surface area (Å²) in [5, 5.41) is 4.03. The number of aromatic nitrogens is 2. The van der Waals surface area contributed by atoms with Crippen molar-refractivity contribution >= 4 is 10.0 Å². The van der Waals surface area contributed by atoms with Crippen molar-refractivity contribution in [3.8, 4) is 0 Å². The van der Waals surface area contributed by atoms with E-state index in [4.69, 9.17) is 4.52 Å². The minimum absolute atomic E-state index is 0.0289. The van der Waals surface area contributed by atoms with Gasteiger partial charge in [-0.3, -0.25) is 4.90 Å². The number of sulfonamides is 1. The molecule has 22 heavy (non-hydrogen) atoms. The number of nitrogens with zero attached hydrogens (tertiary/aromatic N) is 3. The van der Waals surface area contributed by atoms with Gasteiger partial charge < -0.3 is 4.52 Å². The quantitative estimate of drug-likeness (QED) is 0.815. The fraction of sp³-hybridized carbons (Fsp3) is 0.857. The van der Waals surface area contributed by atoms with Gasteiger partial charge in [-0.15, -0.1) is 0 Å². The molecule has 0 aliphatic carbocycles. The Morgan fingerprint density at radius 3 is 2.68 bits per heavy atom. The van der Waals surface area contributed by atoms with Crippen LogP contribution in [0.3, 0.4) is 0 Å². The molecule has 2 heterocycles. The number of hydrogen-bond donors (Lipinski definition) is 1. The maximum absolute atomic E-state index is 11.3. The maximum Gasteiger partial charge on any atom is 0.243 e. The van der Waals surface area contributed by atoms with Crippen molar-refractivity contribution in [2.24, 2.45) is 0 Å². The molecule has 1 fully saturated rings. The SMILES string of the molecule is CCCCc1noc(C(C)N2CCC(NS(C)(=O)=O)CC2)n1. The lowest BCUT2D eigenvalue weighted by Crippen LogP contribution is -2.45. The van der Waals surface area contributed by atoms with Crippen LogP contribution < -0.4 is 4.72 Å². The van der Waals surface area contributed by atoms with Crippen LogP contribution in [-0.4, -0.2) is 48.8 Å². The minimum atomic E-state index is -3.13. The molecule has 7 nitrogen and oxygen atoms in total. The molecule has 2 rings (SSSR count). The predicted octanol–water partition coefficient (Wildman–Crippen LogP) is 1.49. The highest BCUT2D eigenvalue weighted by molar-refractivity contribution is 7.88. The number of nitrogens with one attached hydrogen (secondary N) is 1. The number of aryl methyl sites for hydroxylation is 1. The third-order valence-electron chi connectivity index (χ3n) is 4.05. The molecule has 1 aromatic rings. The molecule has 1 atom stereocenters. The topological polar surface area (TPSA) is 88.3 Å². The lowest BCUT2D eigenvalue weighted by Gasteiger charge is -2.34. The average Bonchev–Trinajstić information content (AvgIpc) is 2.92. The molecule has 1 saturated heterocycles. The van der Waals surface area contributed by atoms with Crippen LogP contribution in [0.15, 0.2) is 4.52 Å². The Kier molecular flexibility index (Phi) is 5.94. The van der Waals surface area contributed by atoms with Crippen molar-refractivity contribution in [1.29, 1.82) is 0 Å². The molecule has 8 heteroatoms. The van der Waals surface area contributed by atoms with E-state index in [-0.39, 0.29) is 12.1 Å².